The average molecular weight is 380 g/mol. The van der Waals surface area contributed by atoms with Gasteiger partial charge in [-0.25, -0.2) is 0 Å². The van der Waals surface area contributed by atoms with Crippen LogP contribution in [0.2, 0.25) is 0 Å². The fourth-order valence-corrected chi connectivity index (χ4v) is 1.04. The molecule has 0 saturated carbocycles. The van der Waals surface area contributed by atoms with Gasteiger partial charge in [0.15, 0.2) is 5.43 Å². The summed E-state index contributed by atoms with van der Waals surface area (Å²) in [5, 5.41) is 0. The van der Waals surface area contributed by atoms with Crippen LogP contribution in [0.15, 0.2) is 23.1 Å². The van der Waals surface area contributed by atoms with Crippen LogP contribution in [-0.2, 0) is 0 Å². The van der Waals surface area contributed by atoms with Gasteiger partial charge in [0.2, 0.25) is 5.88 Å². The van der Waals surface area contributed by atoms with Gasteiger partial charge < -0.3 is 9.17 Å². The molecule has 1 rings (SSSR count). The molecule has 1 radical (unpaired) electrons. The SMILES string of the molecule is O=c1cc[nH]c(OSP)c1.[Tl]. The maximum Gasteiger partial charge on any atom is 0.210 e. The first-order valence-electron chi connectivity index (χ1n) is 2.55. The van der Waals surface area contributed by atoms with Crippen LogP contribution in [0.4, 0.5) is 0 Å². The number of pyridine rings is 1. The third-order valence-corrected chi connectivity index (χ3v) is 1.45. The molecule has 1 N–H and O–H groups in total. The minimum atomic E-state index is -0.0622. The summed E-state index contributed by atoms with van der Waals surface area (Å²) >= 11 is 1.11. The first-order valence-corrected chi connectivity index (χ1v) is 4.77. The molecule has 0 bridgehead atoms. The van der Waals surface area contributed by atoms with E-state index in [2.05, 4.69) is 13.4 Å². The van der Waals surface area contributed by atoms with Gasteiger partial charge in [-0.15, -0.1) is 0 Å². The Kier molecular flexibility index (Phi) is 6.27. The van der Waals surface area contributed by atoms with Crippen molar-refractivity contribution in [3.63, 3.8) is 0 Å². The van der Waals surface area contributed by atoms with Gasteiger partial charge in [-0.05, 0) is 8.44 Å². The molecular formula is C5H6NO2PSTl. The number of hydrogen-bond donors (Lipinski definition) is 1. The molecule has 0 aliphatic rings. The summed E-state index contributed by atoms with van der Waals surface area (Å²) in [6, 6.07) is 2.82. The Hall–Kier alpha value is 0.452. The van der Waals surface area contributed by atoms with Crippen molar-refractivity contribution in [3.05, 3.63) is 28.6 Å². The van der Waals surface area contributed by atoms with Crippen LogP contribution in [0.5, 0.6) is 5.88 Å². The average Bonchev–Trinajstić information content (AvgIpc) is 1.88. The van der Waals surface area contributed by atoms with Gasteiger partial charge in [-0.1, -0.05) is 0 Å². The quantitative estimate of drug-likeness (QED) is 0.470. The molecule has 0 aliphatic carbocycles. The van der Waals surface area contributed by atoms with Crippen molar-refractivity contribution in [2.24, 2.45) is 0 Å². The fourth-order valence-electron chi connectivity index (χ4n) is 0.525. The van der Waals surface area contributed by atoms with Crippen LogP contribution in [0, 0.1) is 0 Å². The van der Waals surface area contributed by atoms with Crippen molar-refractivity contribution in [3.8, 4) is 5.88 Å². The smallest absolute Gasteiger partial charge is 0.210 e. The van der Waals surface area contributed by atoms with Crippen LogP contribution in [0.3, 0.4) is 0 Å². The maximum absolute atomic E-state index is 10.6. The standard InChI is InChI=1S/C5H6NO2PS.Tl/c7-4-1-2-6-5(3-4)8-10-9;/h1-3H,9H2,(H,6,7);. The normalized spacial score (nSPS) is 8.45. The van der Waals surface area contributed by atoms with Crippen molar-refractivity contribution in [2.75, 3.05) is 0 Å². The van der Waals surface area contributed by atoms with Crippen molar-refractivity contribution in [1.82, 2.24) is 4.98 Å². The number of rotatable bonds is 2. The first kappa shape index (κ1) is 11.5. The van der Waals surface area contributed by atoms with Gasteiger partial charge in [-0.3, -0.25) is 4.79 Å². The van der Waals surface area contributed by atoms with Crippen LogP contribution in [-0.4, -0.2) is 32.3 Å². The largest absolute Gasteiger partial charge is 0.404 e. The van der Waals surface area contributed by atoms with E-state index in [0.29, 0.717) is 5.88 Å². The molecule has 1 unspecified atom stereocenters. The predicted molar refractivity (Wildman–Crippen MR) is 50.7 cm³/mol. The molecule has 6 heteroatoms. The van der Waals surface area contributed by atoms with Crippen molar-refractivity contribution >= 4 is 47.4 Å². The summed E-state index contributed by atoms with van der Waals surface area (Å²) in [6.07, 6.45) is 1.54. The second-order valence-electron chi connectivity index (χ2n) is 1.57. The molecule has 0 amide bonds. The van der Waals surface area contributed by atoms with Crippen LogP contribution < -0.4 is 9.61 Å². The fraction of sp³-hybridized carbons (Fsp3) is 0. The Morgan fingerprint density at radius 3 is 2.91 bits per heavy atom. The van der Waals surface area contributed by atoms with Gasteiger partial charge in [-0.2, -0.15) is 0 Å². The van der Waals surface area contributed by atoms with Crippen molar-refractivity contribution in [1.29, 1.82) is 0 Å². The summed E-state index contributed by atoms with van der Waals surface area (Å²) in [6.45, 7) is 0. The molecule has 1 aromatic heterocycles. The molecule has 0 aliphatic heterocycles. The summed E-state index contributed by atoms with van der Waals surface area (Å²) in [7, 11) is 2.32. The molecule has 0 fully saturated rings. The number of aromatic nitrogens is 1. The van der Waals surface area contributed by atoms with E-state index < -0.39 is 0 Å². The molecule has 0 aromatic carbocycles. The number of nitrogens with one attached hydrogen (secondary N) is 1. The van der Waals surface area contributed by atoms with E-state index in [9.17, 15) is 4.79 Å². The van der Waals surface area contributed by atoms with E-state index in [1.807, 2.05) is 0 Å². The molecule has 57 valence electrons. The second-order valence-corrected chi connectivity index (χ2v) is 2.50. The summed E-state index contributed by atoms with van der Waals surface area (Å²) in [4.78, 5) is 13.4. The molecule has 0 spiro atoms. The van der Waals surface area contributed by atoms with E-state index in [1.54, 1.807) is 6.20 Å². The number of H-pyrrole nitrogens is 1. The summed E-state index contributed by atoms with van der Waals surface area (Å²) in [5.41, 5.74) is -0.0622. The minimum absolute atomic E-state index is 0. The maximum atomic E-state index is 10.6. The molecule has 1 atom stereocenters. The van der Waals surface area contributed by atoms with Crippen LogP contribution in [0.1, 0.15) is 0 Å². The number of aromatic amines is 1. The zero-order chi connectivity index (χ0) is 7.40. The Labute approximate surface area is 90.6 Å². The van der Waals surface area contributed by atoms with E-state index in [4.69, 9.17) is 4.18 Å². The third kappa shape index (κ3) is 4.13. The van der Waals surface area contributed by atoms with Gasteiger partial charge in [0, 0.05) is 45.6 Å². The molecule has 3 nitrogen and oxygen atoms in total. The minimum Gasteiger partial charge on any atom is -0.404 e. The first-order chi connectivity index (χ1) is 4.83. The topological polar surface area (TPSA) is 42.1 Å². The molecular weight excluding hydrogens is 373 g/mol. The van der Waals surface area contributed by atoms with E-state index in [0.717, 1.165) is 11.7 Å². The second kappa shape index (κ2) is 6.02. The van der Waals surface area contributed by atoms with E-state index in [1.165, 1.54) is 12.1 Å². The van der Waals surface area contributed by atoms with Gasteiger partial charge in [0.1, 0.15) is 0 Å². The zero-order valence-corrected chi connectivity index (χ0v) is 12.1. The van der Waals surface area contributed by atoms with E-state index >= 15 is 0 Å². The monoisotopic (exact) mass is 380 g/mol. The predicted octanol–water partition coefficient (Wildman–Crippen LogP) is 0.811. The zero-order valence-electron chi connectivity index (χ0n) is 5.61. The Morgan fingerprint density at radius 1 is 1.64 bits per heavy atom. The molecule has 0 saturated heterocycles. The van der Waals surface area contributed by atoms with Crippen LogP contribution >= 0.6 is 20.1 Å². The van der Waals surface area contributed by atoms with Gasteiger partial charge in [0.05, 0.1) is 11.7 Å². The summed E-state index contributed by atoms with van der Waals surface area (Å²) < 4.78 is 4.91. The third-order valence-electron chi connectivity index (χ3n) is 0.884. The van der Waals surface area contributed by atoms with Crippen molar-refractivity contribution in [2.45, 2.75) is 0 Å². The Morgan fingerprint density at radius 2 is 2.36 bits per heavy atom. The molecule has 1 heterocycles. The van der Waals surface area contributed by atoms with Gasteiger partial charge >= 0.3 is 0 Å². The van der Waals surface area contributed by atoms with Gasteiger partial charge in [0.25, 0.3) is 0 Å². The number of hydrogen-bond acceptors (Lipinski definition) is 3. The van der Waals surface area contributed by atoms with E-state index in [-0.39, 0.29) is 32.7 Å². The Bertz CT molecular complexity index is 267. The molecule has 1 aromatic rings. The molecule has 11 heavy (non-hydrogen) atoms. The van der Waals surface area contributed by atoms with Crippen LogP contribution in [0.25, 0.3) is 0 Å². The van der Waals surface area contributed by atoms with Crippen molar-refractivity contribution < 1.29 is 4.18 Å². The summed E-state index contributed by atoms with van der Waals surface area (Å²) in [5.74, 6) is 0.465. The Balaban J connectivity index is 0.000001000.